The zero-order valence-electron chi connectivity index (χ0n) is 12.4. The molecule has 0 unspecified atom stereocenters. The first-order valence-electron chi connectivity index (χ1n) is 7.38. The average Bonchev–Trinajstić information content (AvgIpc) is 2.53. The summed E-state index contributed by atoms with van der Waals surface area (Å²) in [7, 11) is 1.74. The van der Waals surface area contributed by atoms with E-state index in [1.54, 1.807) is 7.11 Å². The van der Waals surface area contributed by atoms with Crippen molar-refractivity contribution in [3.8, 4) is 0 Å². The van der Waals surface area contributed by atoms with Gasteiger partial charge in [0.15, 0.2) is 0 Å². The maximum Gasteiger partial charge on any atom is 0.326 e. The number of allylic oxidation sites excluding steroid dienone is 1. The van der Waals surface area contributed by atoms with Crippen LogP contribution in [0.2, 0.25) is 0 Å². The first kappa shape index (κ1) is 14.8. The number of rotatable bonds is 3. The molecule has 2 aliphatic heterocycles. The van der Waals surface area contributed by atoms with Gasteiger partial charge in [0.05, 0.1) is 13.7 Å². The van der Waals surface area contributed by atoms with Gasteiger partial charge in [-0.25, -0.2) is 0 Å². The molecule has 0 aromatic rings. The van der Waals surface area contributed by atoms with E-state index in [0.29, 0.717) is 18.7 Å². The van der Waals surface area contributed by atoms with E-state index >= 15 is 0 Å². The van der Waals surface area contributed by atoms with Gasteiger partial charge in [0, 0.05) is 38.3 Å². The molecule has 114 valence electrons. The minimum absolute atomic E-state index is 0.345. The third-order valence-electron chi connectivity index (χ3n) is 3.97. The first-order valence-corrected chi connectivity index (χ1v) is 7.38. The minimum atomic E-state index is 0.345. The molecule has 2 rings (SSSR count). The summed E-state index contributed by atoms with van der Waals surface area (Å²) >= 11 is 0. The topological polar surface area (TPSA) is 57.5 Å². The quantitative estimate of drug-likeness (QED) is 0.370. The molecule has 6 heteroatoms. The SMILES string of the molecule is CCOC(=NO)N1CCC(N2C=C(OC)CCC2)CC1. The largest absolute Gasteiger partial charge is 0.500 e. The predicted octanol–water partition coefficient (Wildman–Crippen LogP) is 1.82. The zero-order chi connectivity index (χ0) is 14.4. The van der Waals surface area contributed by atoms with Crippen LogP contribution >= 0.6 is 0 Å². The molecule has 0 aromatic heterocycles. The molecule has 0 aliphatic carbocycles. The lowest BCUT2D eigenvalue weighted by atomic mass is 10.0. The van der Waals surface area contributed by atoms with Crippen LogP contribution in [0.3, 0.4) is 0 Å². The van der Waals surface area contributed by atoms with Crippen molar-refractivity contribution in [2.75, 3.05) is 33.4 Å². The molecule has 0 radical (unpaired) electrons. The Morgan fingerprint density at radius 2 is 2.15 bits per heavy atom. The number of methoxy groups -OCH3 is 1. The molecule has 1 saturated heterocycles. The standard InChI is InChI=1S/C14H25N3O3/c1-3-20-14(15-18)16-9-6-12(7-10-16)17-8-4-5-13(11-17)19-2/h11-12,18H,3-10H2,1-2H3. The first-order chi connectivity index (χ1) is 9.78. The monoisotopic (exact) mass is 283 g/mol. The summed E-state index contributed by atoms with van der Waals surface area (Å²) < 4.78 is 10.7. The number of ether oxygens (including phenoxy) is 2. The van der Waals surface area contributed by atoms with Crippen molar-refractivity contribution in [2.24, 2.45) is 5.16 Å². The number of amidine groups is 1. The van der Waals surface area contributed by atoms with Gasteiger partial charge >= 0.3 is 6.02 Å². The smallest absolute Gasteiger partial charge is 0.326 e. The number of piperidine rings is 1. The third kappa shape index (κ3) is 3.49. The van der Waals surface area contributed by atoms with Crippen molar-refractivity contribution in [1.82, 2.24) is 9.80 Å². The molecular formula is C14H25N3O3. The molecule has 2 heterocycles. The summed E-state index contributed by atoms with van der Waals surface area (Å²) in [5.74, 6) is 1.07. The van der Waals surface area contributed by atoms with Crippen LogP contribution in [-0.2, 0) is 9.47 Å². The summed E-state index contributed by atoms with van der Waals surface area (Å²) in [6, 6.07) is 0.885. The van der Waals surface area contributed by atoms with Crippen molar-refractivity contribution in [3.63, 3.8) is 0 Å². The lowest BCUT2D eigenvalue weighted by Crippen LogP contribution is -2.46. The Morgan fingerprint density at radius 3 is 2.75 bits per heavy atom. The van der Waals surface area contributed by atoms with Crippen molar-refractivity contribution in [3.05, 3.63) is 12.0 Å². The van der Waals surface area contributed by atoms with Crippen LogP contribution in [0.4, 0.5) is 0 Å². The Labute approximate surface area is 120 Å². The molecule has 1 fully saturated rings. The van der Waals surface area contributed by atoms with Crippen LogP contribution in [0.5, 0.6) is 0 Å². The van der Waals surface area contributed by atoms with Crippen LogP contribution < -0.4 is 0 Å². The van der Waals surface area contributed by atoms with E-state index in [1.165, 1.54) is 0 Å². The van der Waals surface area contributed by atoms with Gasteiger partial charge in [-0.1, -0.05) is 0 Å². The van der Waals surface area contributed by atoms with Gasteiger partial charge in [0.25, 0.3) is 0 Å². The van der Waals surface area contributed by atoms with E-state index in [9.17, 15) is 0 Å². The maximum absolute atomic E-state index is 8.98. The number of likely N-dealkylation sites (tertiary alicyclic amines) is 1. The van der Waals surface area contributed by atoms with Gasteiger partial charge in [-0.3, -0.25) is 0 Å². The predicted molar refractivity (Wildman–Crippen MR) is 76.5 cm³/mol. The summed E-state index contributed by atoms with van der Waals surface area (Å²) in [6.45, 7) is 5.23. The van der Waals surface area contributed by atoms with Crippen LogP contribution in [0.25, 0.3) is 0 Å². The van der Waals surface area contributed by atoms with Gasteiger partial charge in [-0.2, -0.15) is 0 Å². The third-order valence-corrected chi connectivity index (χ3v) is 3.97. The molecule has 0 atom stereocenters. The molecule has 0 aromatic carbocycles. The Hall–Kier alpha value is -1.59. The van der Waals surface area contributed by atoms with Gasteiger partial charge < -0.3 is 24.5 Å². The van der Waals surface area contributed by atoms with E-state index in [4.69, 9.17) is 14.7 Å². The minimum Gasteiger partial charge on any atom is -0.500 e. The van der Waals surface area contributed by atoms with Crippen LogP contribution in [0, 0.1) is 0 Å². The summed E-state index contributed by atoms with van der Waals surface area (Å²) in [5, 5.41) is 12.2. The highest BCUT2D eigenvalue weighted by Gasteiger charge is 2.27. The lowest BCUT2D eigenvalue weighted by molar-refractivity contribution is 0.131. The number of hydrogen-bond acceptors (Lipinski definition) is 5. The van der Waals surface area contributed by atoms with Gasteiger partial charge in [-0.15, -0.1) is 0 Å². The Kier molecular flexibility index (Phi) is 5.38. The van der Waals surface area contributed by atoms with Gasteiger partial charge in [-0.05, 0) is 31.3 Å². The molecule has 1 N–H and O–H groups in total. The summed E-state index contributed by atoms with van der Waals surface area (Å²) in [6.07, 6.45) is 6.44. The number of oxime groups is 1. The Bertz CT molecular complexity index is 363. The molecule has 0 spiro atoms. The van der Waals surface area contributed by atoms with E-state index in [0.717, 1.165) is 51.1 Å². The van der Waals surface area contributed by atoms with Crippen molar-refractivity contribution >= 4 is 6.02 Å². The van der Waals surface area contributed by atoms with Crippen LogP contribution in [0.15, 0.2) is 17.1 Å². The van der Waals surface area contributed by atoms with Gasteiger partial charge in [0.1, 0.15) is 5.76 Å². The molecule has 20 heavy (non-hydrogen) atoms. The molecule has 2 aliphatic rings. The molecule has 0 saturated carbocycles. The van der Waals surface area contributed by atoms with Crippen LogP contribution in [0.1, 0.15) is 32.6 Å². The van der Waals surface area contributed by atoms with Gasteiger partial charge in [0.2, 0.25) is 0 Å². The van der Waals surface area contributed by atoms with E-state index < -0.39 is 0 Å². The second-order valence-corrected chi connectivity index (χ2v) is 5.17. The van der Waals surface area contributed by atoms with Crippen molar-refractivity contribution in [2.45, 2.75) is 38.6 Å². The molecule has 0 bridgehead atoms. The second kappa shape index (κ2) is 7.26. The average molecular weight is 283 g/mol. The highest BCUT2D eigenvalue weighted by molar-refractivity contribution is 5.73. The zero-order valence-corrected chi connectivity index (χ0v) is 12.4. The van der Waals surface area contributed by atoms with E-state index in [2.05, 4.69) is 16.3 Å². The maximum atomic E-state index is 8.98. The number of hydrogen-bond donors (Lipinski definition) is 1. The van der Waals surface area contributed by atoms with Crippen LogP contribution in [-0.4, -0.2) is 60.4 Å². The van der Waals surface area contributed by atoms with Crippen molar-refractivity contribution in [1.29, 1.82) is 0 Å². The van der Waals surface area contributed by atoms with E-state index in [1.807, 2.05) is 11.8 Å². The Morgan fingerprint density at radius 1 is 1.40 bits per heavy atom. The number of nitrogens with zero attached hydrogens (tertiary/aromatic N) is 3. The normalized spacial score (nSPS) is 21.7. The highest BCUT2D eigenvalue weighted by Crippen LogP contribution is 2.23. The fourth-order valence-electron chi connectivity index (χ4n) is 2.89. The molecular weight excluding hydrogens is 258 g/mol. The summed E-state index contributed by atoms with van der Waals surface area (Å²) in [5.41, 5.74) is 0. The second-order valence-electron chi connectivity index (χ2n) is 5.17. The lowest BCUT2D eigenvalue weighted by Gasteiger charge is -2.39. The summed E-state index contributed by atoms with van der Waals surface area (Å²) in [4.78, 5) is 4.40. The van der Waals surface area contributed by atoms with Crippen molar-refractivity contribution < 1.29 is 14.7 Å². The molecule has 6 nitrogen and oxygen atoms in total. The molecule has 0 amide bonds. The highest BCUT2D eigenvalue weighted by atomic mass is 16.5. The fraction of sp³-hybridized carbons (Fsp3) is 0.786. The fourth-order valence-corrected chi connectivity index (χ4v) is 2.89. The Balaban J connectivity index is 1.88. The van der Waals surface area contributed by atoms with E-state index in [-0.39, 0.29) is 0 Å².